The second-order valence-electron chi connectivity index (χ2n) is 6.61. The van der Waals surface area contributed by atoms with Crippen LogP contribution in [-0.2, 0) is 0 Å². The van der Waals surface area contributed by atoms with E-state index in [9.17, 15) is 4.79 Å². The molecule has 144 valence electrons. The molecule has 1 heterocycles. The van der Waals surface area contributed by atoms with Crippen molar-refractivity contribution >= 4 is 11.7 Å². The molecule has 0 bridgehead atoms. The van der Waals surface area contributed by atoms with Crippen LogP contribution < -0.4 is 15.5 Å². The third-order valence-electron chi connectivity index (χ3n) is 4.54. The Kier molecular flexibility index (Phi) is 7.01. The van der Waals surface area contributed by atoms with Gasteiger partial charge in [0, 0.05) is 32.0 Å². The van der Waals surface area contributed by atoms with E-state index in [2.05, 4.69) is 39.7 Å². The second-order valence-corrected chi connectivity index (χ2v) is 6.61. The topological polar surface area (TPSA) is 57.3 Å². The number of benzene rings is 2. The second kappa shape index (κ2) is 10.1. The zero-order chi connectivity index (χ0) is 19.6. The summed E-state index contributed by atoms with van der Waals surface area (Å²) in [5.41, 5.74) is 2.99. The molecule has 1 atom stereocenters. The predicted molar refractivity (Wildman–Crippen MR) is 113 cm³/mol. The average Bonchev–Trinajstić information content (AvgIpc) is 2.76. The number of anilines is 1. The molecule has 0 saturated carbocycles. The average molecular weight is 374 g/mol. The van der Waals surface area contributed by atoms with Crippen LogP contribution in [0.15, 0.2) is 85.1 Å². The molecule has 0 fully saturated rings. The molecular weight excluding hydrogens is 348 g/mol. The maximum atomic E-state index is 12.5. The highest BCUT2D eigenvalue weighted by molar-refractivity contribution is 5.74. The summed E-state index contributed by atoms with van der Waals surface area (Å²) in [6, 6.07) is 25.3. The monoisotopic (exact) mass is 374 g/mol. The zero-order valence-corrected chi connectivity index (χ0v) is 16.1. The molecule has 0 aliphatic rings. The number of urea groups is 1. The summed E-state index contributed by atoms with van der Waals surface area (Å²) in [6.45, 7) is 1.47. The van der Waals surface area contributed by atoms with Crippen molar-refractivity contribution in [3.63, 3.8) is 0 Å². The van der Waals surface area contributed by atoms with E-state index in [1.807, 2.05) is 66.7 Å². The van der Waals surface area contributed by atoms with E-state index in [4.69, 9.17) is 0 Å². The van der Waals surface area contributed by atoms with Crippen molar-refractivity contribution in [1.29, 1.82) is 0 Å². The van der Waals surface area contributed by atoms with Gasteiger partial charge in [-0.1, -0.05) is 54.6 Å². The minimum absolute atomic E-state index is 0.193. The predicted octanol–water partition coefficient (Wildman–Crippen LogP) is 4.00. The molecule has 0 saturated heterocycles. The lowest BCUT2D eigenvalue weighted by Crippen LogP contribution is -2.39. The van der Waals surface area contributed by atoms with Crippen molar-refractivity contribution in [2.45, 2.75) is 12.5 Å². The lowest BCUT2D eigenvalue weighted by Gasteiger charge is -2.21. The van der Waals surface area contributed by atoms with Gasteiger partial charge in [-0.25, -0.2) is 4.79 Å². The Morgan fingerprint density at radius 3 is 2.32 bits per heavy atom. The van der Waals surface area contributed by atoms with Crippen molar-refractivity contribution in [3.8, 4) is 0 Å². The van der Waals surface area contributed by atoms with Crippen LogP contribution in [-0.4, -0.2) is 31.2 Å². The van der Waals surface area contributed by atoms with Crippen molar-refractivity contribution < 1.29 is 4.79 Å². The highest BCUT2D eigenvalue weighted by atomic mass is 16.2. The first-order chi connectivity index (χ1) is 13.7. The van der Waals surface area contributed by atoms with E-state index in [0.717, 1.165) is 24.2 Å². The molecule has 0 aliphatic carbocycles. The van der Waals surface area contributed by atoms with Gasteiger partial charge < -0.3 is 15.5 Å². The number of nitrogens with one attached hydrogen (secondary N) is 2. The fraction of sp³-hybridized carbons (Fsp3) is 0.217. The fourth-order valence-electron chi connectivity index (χ4n) is 3.03. The number of pyridine rings is 1. The number of carbonyl (C=O) groups is 1. The fourth-order valence-corrected chi connectivity index (χ4v) is 3.03. The number of nitrogens with zero attached hydrogens (tertiary/aromatic N) is 2. The van der Waals surface area contributed by atoms with Gasteiger partial charge in [0.2, 0.25) is 0 Å². The summed E-state index contributed by atoms with van der Waals surface area (Å²) in [4.78, 5) is 19.0. The molecular formula is C23H26N4O. The highest BCUT2D eigenvalue weighted by Gasteiger charge is 2.17. The number of para-hydroxylation sites is 1. The Bertz CT molecular complexity index is 801. The van der Waals surface area contributed by atoms with Crippen molar-refractivity contribution in [2.24, 2.45) is 0 Å². The van der Waals surface area contributed by atoms with Crippen LogP contribution in [0.2, 0.25) is 0 Å². The maximum Gasteiger partial charge on any atom is 0.315 e. The molecule has 2 amide bonds. The van der Waals surface area contributed by atoms with Crippen LogP contribution in [0.25, 0.3) is 0 Å². The maximum absolute atomic E-state index is 12.5. The Morgan fingerprint density at radius 1 is 0.964 bits per heavy atom. The largest absolute Gasteiger partial charge is 0.375 e. The van der Waals surface area contributed by atoms with Gasteiger partial charge >= 0.3 is 6.03 Å². The van der Waals surface area contributed by atoms with Gasteiger partial charge in [0.25, 0.3) is 0 Å². The summed E-state index contributed by atoms with van der Waals surface area (Å²) in [5.74, 6) is 0. The van der Waals surface area contributed by atoms with Gasteiger partial charge in [0.15, 0.2) is 0 Å². The van der Waals surface area contributed by atoms with Gasteiger partial charge in [-0.2, -0.15) is 0 Å². The lowest BCUT2D eigenvalue weighted by molar-refractivity contribution is 0.238. The minimum atomic E-state index is -0.283. The van der Waals surface area contributed by atoms with E-state index >= 15 is 0 Å². The number of amides is 2. The molecule has 0 unspecified atom stereocenters. The van der Waals surface area contributed by atoms with Gasteiger partial charge in [0.05, 0.1) is 11.7 Å². The molecule has 2 N–H and O–H groups in total. The summed E-state index contributed by atoms with van der Waals surface area (Å²) in [7, 11) is 2.06. The van der Waals surface area contributed by atoms with Crippen molar-refractivity contribution in [2.75, 3.05) is 25.0 Å². The van der Waals surface area contributed by atoms with Crippen LogP contribution in [0, 0.1) is 0 Å². The summed E-state index contributed by atoms with van der Waals surface area (Å²) >= 11 is 0. The Labute approximate surface area is 166 Å². The number of hydrogen-bond acceptors (Lipinski definition) is 3. The number of hydrogen-bond donors (Lipinski definition) is 2. The summed E-state index contributed by atoms with van der Waals surface area (Å²) in [6.07, 6.45) is 2.60. The van der Waals surface area contributed by atoms with Crippen molar-refractivity contribution in [1.82, 2.24) is 15.6 Å². The standard InChI is InChI=1S/C23H26N4O/c1-27(20-13-6-3-7-14-20)18-10-17-25-23(28)26-22(19-11-4-2-5-12-19)21-15-8-9-16-24-21/h2-9,11-16,22H,10,17-18H2,1H3,(H2,25,26,28)/t22-/m0/s1. The van der Waals surface area contributed by atoms with Crippen LogP contribution in [0.1, 0.15) is 23.7 Å². The third kappa shape index (κ3) is 5.58. The first kappa shape index (κ1) is 19.4. The molecule has 3 rings (SSSR count). The minimum Gasteiger partial charge on any atom is -0.375 e. The first-order valence-corrected chi connectivity index (χ1v) is 9.50. The molecule has 0 spiro atoms. The smallest absolute Gasteiger partial charge is 0.315 e. The zero-order valence-electron chi connectivity index (χ0n) is 16.1. The van der Waals surface area contributed by atoms with E-state index in [1.165, 1.54) is 5.69 Å². The number of rotatable bonds is 8. The van der Waals surface area contributed by atoms with Crippen LogP contribution >= 0.6 is 0 Å². The van der Waals surface area contributed by atoms with E-state index in [0.29, 0.717) is 6.54 Å². The van der Waals surface area contributed by atoms with Gasteiger partial charge in [-0.15, -0.1) is 0 Å². The quantitative estimate of drug-likeness (QED) is 0.586. The number of aromatic nitrogens is 1. The third-order valence-corrected chi connectivity index (χ3v) is 4.54. The van der Waals surface area contributed by atoms with E-state index in [-0.39, 0.29) is 12.1 Å². The molecule has 0 radical (unpaired) electrons. The van der Waals surface area contributed by atoms with Gasteiger partial charge in [0.1, 0.15) is 0 Å². The SMILES string of the molecule is CN(CCCNC(=O)N[C@@H](c1ccccc1)c1ccccn1)c1ccccc1. The number of carbonyl (C=O) groups excluding carboxylic acids is 1. The van der Waals surface area contributed by atoms with Crippen molar-refractivity contribution in [3.05, 3.63) is 96.3 Å². The van der Waals surface area contributed by atoms with Crippen LogP contribution in [0.4, 0.5) is 10.5 Å². The van der Waals surface area contributed by atoms with Crippen LogP contribution in [0.3, 0.4) is 0 Å². The molecule has 2 aromatic carbocycles. The molecule has 3 aromatic rings. The Morgan fingerprint density at radius 2 is 1.64 bits per heavy atom. The van der Waals surface area contributed by atoms with Gasteiger partial charge in [-0.05, 0) is 36.2 Å². The van der Waals surface area contributed by atoms with E-state index in [1.54, 1.807) is 6.20 Å². The Balaban J connectivity index is 1.52. The first-order valence-electron chi connectivity index (χ1n) is 9.50. The molecule has 5 heteroatoms. The normalized spacial score (nSPS) is 11.5. The Hall–Kier alpha value is -3.34. The molecule has 5 nitrogen and oxygen atoms in total. The highest BCUT2D eigenvalue weighted by Crippen LogP contribution is 2.19. The van der Waals surface area contributed by atoms with Gasteiger partial charge in [-0.3, -0.25) is 4.98 Å². The summed E-state index contributed by atoms with van der Waals surface area (Å²) < 4.78 is 0. The molecule has 1 aromatic heterocycles. The summed E-state index contributed by atoms with van der Waals surface area (Å²) in [5, 5.41) is 6.00. The van der Waals surface area contributed by atoms with E-state index < -0.39 is 0 Å². The molecule has 28 heavy (non-hydrogen) atoms. The lowest BCUT2D eigenvalue weighted by atomic mass is 10.0. The van der Waals surface area contributed by atoms with Crippen LogP contribution in [0.5, 0.6) is 0 Å². The molecule has 0 aliphatic heterocycles.